The van der Waals surface area contributed by atoms with Crippen LogP contribution in [0.4, 0.5) is 5.69 Å². The average molecular weight is 324 g/mol. The Hall–Kier alpha value is -3.28. The Morgan fingerprint density at radius 3 is 2.58 bits per heavy atom. The van der Waals surface area contributed by atoms with Crippen molar-refractivity contribution in [2.24, 2.45) is 5.73 Å². The molecule has 0 atom stereocenters. The van der Waals surface area contributed by atoms with Gasteiger partial charge < -0.3 is 20.2 Å². The molecule has 2 aromatic carbocycles. The maximum absolute atomic E-state index is 12.2. The summed E-state index contributed by atoms with van der Waals surface area (Å²) >= 11 is 0. The molecule has 3 rings (SSSR count). The number of benzene rings is 2. The summed E-state index contributed by atoms with van der Waals surface area (Å²) in [6, 6.07) is 14.4. The van der Waals surface area contributed by atoms with Crippen LogP contribution in [0.1, 0.15) is 16.1 Å². The van der Waals surface area contributed by atoms with E-state index >= 15 is 0 Å². The van der Waals surface area contributed by atoms with E-state index in [1.165, 1.54) is 0 Å². The number of para-hydroxylation sites is 2. The zero-order valence-corrected chi connectivity index (χ0v) is 13.0. The standard InChI is InChI=1S/C18H16N2O4/c1-11-6-2-4-8-13(11)23-10-15(21)20-16-12-7-3-5-9-14(12)24-17(16)18(19)22/h2-9H,10H2,1H3,(H2,19,22)(H,20,21). The van der Waals surface area contributed by atoms with Gasteiger partial charge in [0.2, 0.25) is 5.76 Å². The first kappa shape index (κ1) is 15.6. The molecule has 0 saturated carbocycles. The molecule has 6 nitrogen and oxygen atoms in total. The van der Waals surface area contributed by atoms with Gasteiger partial charge in [0, 0.05) is 5.39 Å². The minimum absolute atomic E-state index is 0.0829. The Morgan fingerprint density at radius 2 is 1.83 bits per heavy atom. The van der Waals surface area contributed by atoms with Gasteiger partial charge in [-0.05, 0) is 30.7 Å². The van der Waals surface area contributed by atoms with Crippen LogP contribution in [0.25, 0.3) is 11.0 Å². The lowest BCUT2D eigenvalue weighted by atomic mass is 10.2. The molecule has 0 aliphatic heterocycles. The van der Waals surface area contributed by atoms with Gasteiger partial charge in [-0.15, -0.1) is 0 Å². The number of hydrogen-bond donors (Lipinski definition) is 2. The number of anilines is 1. The molecule has 122 valence electrons. The number of rotatable bonds is 5. The Bertz CT molecular complexity index is 914. The fraction of sp³-hybridized carbons (Fsp3) is 0.111. The molecule has 0 bridgehead atoms. The number of carbonyl (C=O) groups is 2. The normalized spacial score (nSPS) is 10.5. The molecule has 0 unspecified atom stereocenters. The number of amides is 2. The van der Waals surface area contributed by atoms with Crippen molar-refractivity contribution in [1.82, 2.24) is 0 Å². The molecule has 0 aliphatic rings. The quantitative estimate of drug-likeness (QED) is 0.754. The number of primary amides is 1. The van der Waals surface area contributed by atoms with Crippen molar-refractivity contribution in [3.63, 3.8) is 0 Å². The van der Waals surface area contributed by atoms with E-state index < -0.39 is 11.8 Å². The van der Waals surface area contributed by atoms with Crippen LogP contribution in [0.3, 0.4) is 0 Å². The number of aryl methyl sites for hydroxylation is 1. The van der Waals surface area contributed by atoms with Crippen LogP contribution < -0.4 is 15.8 Å². The van der Waals surface area contributed by atoms with Crippen molar-refractivity contribution in [2.45, 2.75) is 6.92 Å². The molecular formula is C18H16N2O4. The van der Waals surface area contributed by atoms with Crippen LogP contribution in [0.15, 0.2) is 52.9 Å². The van der Waals surface area contributed by atoms with Crippen molar-refractivity contribution in [3.05, 3.63) is 59.9 Å². The Balaban J connectivity index is 1.79. The van der Waals surface area contributed by atoms with E-state index in [1.54, 1.807) is 30.3 Å². The second-order valence-corrected chi connectivity index (χ2v) is 5.27. The summed E-state index contributed by atoms with van der Waals surface area (Å²) < 4.78 is 10.9. The predicted molar refractivity (Wildman–Crippen MR) is 90.0 cm³/mol. The van der Waals surface area contributed by atoms with Gasteiger partial charge in [0.25, 0.3) is 11.8 Å². The number of ether oxygens (including phenoxy) is 1. The van der Waals surface area contributed by atoms with Gasteiger partial charge in [-0.25, -0.2) is 0 Å². The number of hydrogen-bond acceptors (Lipinski definition) is 4. The highest BCUT2D eigenvalue weighted by atomic mass is 16.5. The highest BCUT2D eigenvalue weighted by Crippen LogP contribution is 2.30. The fourth-order valence-corrected chi connectivity index (χ4v) is 2.38. The third-order valence-electron chi connectivity index (χ3n) is 3.54. The molecule has 1 heterocycles. The van der Waals surface area contributed by atoms with E-state index in [-0.39, 0.29) is 18.1 Å². The minimum atomic E-state index is -0.749. The summed E-state index contributed by atoms with van der Waals surface area (Å²) in [5.41, 5.74) is 6.99. The molecule has 6 heteroatoms. The van der Waals surface area contributed by atoms with Gasteiger partial charge in [-0.2, -0.15) is 0 Å². The van der Waals surface area contributed by atoms with Gasteiger partial charge in [-0.3, -0.25) is 9.59 Å². The summed E-state index contributed by atoms with van der Waals surface area (Å²) in [6.45, 7) is 1.70. The van der Waals surface area contributed by atoms with Crippen molar-refractivity contribution in [1.29, 1.82) is 0 Å². The first-order valence-electron chi connectivity index (χ1n) is 7.36. The first-order chi connectivity index (χ1) is 11.6. The average Bonchev–Trinajstić information content (AvgIpc) is 2.93. The van der Waals surface area contributed by atoms with Gasteiger partial charge in [-0.1, -0.05) is 30.3 Å². The molecular weight excluding hydrogens is 308 g/mol. The first-order valence-corrected chi connectivity index (χ1v) is 7.36. The van der Waals surface area contributed by atoms with E-state index in [0.29, 0.717) is 16.7 Å². The molecule has 1 aromatic heterocycles. The van der Waals surface area contributed by atoms with E-state index in [1.807, 2.05) is 25.1 Å². The van der Waals surface area contributed by atoms with Crippen LogP contribution in [-0.4, -0.2) is 18.4 Å². The molecule has 2 amide bonds. The van der Waals surface area contributed by atoms with Gasteiger partial charge in [0.15, 0.2) is 6.61 Å². The summed E-state index contributed by atoms with van der Waals surface area (Å²) in [6.07, 6.45) is 0. The second kappa shape index (κ2) is 6.45. The summed E-state index contributed by atoms with van der Waals surface area (Å²) in [5.74, 6) is -0.617. The molecule has 0 aliphatic carbocycles. The molecule has 0 saturated heterocycles. The van der Waals surface area contributed by atoms with Crippen LogP contribution in [0.2, 0.25) is 0 Å². The third-order valence-corrected chi connectivity index (χ3v) is 3.54. The highest BCUT2D eigenvalue weighted by Gasteiger charge is 2.20. The van der Waals surface area contributed by atoms with Crippen LogP contribution >= 0.6 is 0 Å². The van der Waals surface area contributed by atoms with E-state index in [2.05, 4.69) is 5.32 Å². The van der Waals surface area contributed by atoms with Crippen molar-refractivity contribution in [3.8, 4) is 5.75 Å². The van der Waals surface area contributed by atoms with Gasteiger partial charge >= 0.3 is 0 Å². The molecule has 3 N–H and O–H groups in total. The largest absolute Gasteiger partial charge is 0.483 e. The second-order valence-electron chi connectivity index (χ2n) is 5.27. The minimum Gasteiger partial charge on any atom is -0.483 e. The Kier molecular flexibility index (Phi) is 4.20. The van der Waals surface area contributed by atoms with Crippen molar-refractivity contribution in [2.75, 3.05) is 11.9 Å². The number of furan rings is 1. The summed E-state index contributed by atoms with van der Waals surface area (Å²) in [4.78, 5) is 23.7. The number of nitrogens with two attached hydrogens (primary N) is 1. The smallest absolute Gasteiger partial charge is 0.286 e. The topological polar surface area (TPSA) is 94.6 Å². The zero-order valence-electron chi connectivity index (χ0n) is 13.0. The van der Waals surface area contributed by atoms with E-state index in [0.717, 1.165) is 5.56 Å². The van der Waals surface area contributed by atoms with Gasteiger partial charge in [0.05, 0.1) is 0 Å². The molecule has 3 aromatic rings. The van der Waals surface area contributed by atoms with E-state index in [9.17, 15) is 9.59 Å². The van der Waals surface area contributed by atoms with Gasteiger partial charge in [0.1, 0.15) is 17.0 Å². The molecule has 24 heavy (non-hydrogen) atoms. The van der Waals surface area contributed by atoms with Crippen molar-refractivity contribution >= 4 is 28.5 Å². The summed E-state index contributed by atoms with van der Waals surface area (Å²) in [7, 11) is 0. The van der Waals surface area contributed by atoms with E-state index in [4.69, 9.17) is 14.9 Å². The maximum Gasteiger partial charge on any atom is 0.286 e. The molecule has 0 spiro atoms. The maximum atomic E-state index is 12.2. The highest BCUT2D eigenvalue weighted by molar-refractivity contribution is 6.10. The third kappa shape index (κ3) is 3.08. The molecule has 0 radical (unpaired) electrons. The van der Waals surface area contributed by atoms with Crippen LogP contribution in [-0.2, 0) is 4.79 Å². The lowest BCUT2D eigenvalue weighted by Crippen LogP contribution is -2.22. The Morgan fingerprint density at radius 1 is 1.12 bits per heavy atom. The van der Waals surface area contributed by atoms with Crippen LogP contribution in [0, 0.1) is 6.92 Å². The monoisotopic (exact) mass is 324 g/mol. The Labute approximate surface area is 138 Å². The lowest BCUT2D eigenvalue weighted by molar-refractivity contribution is -0.118. The summed E-state index contributed by atoms with van der Waals surface area (Å²) in [5, 5.41) is 3.25. The number of fused-ring (bicyclic) bond motifs is 1. The number of nitrogens with one attached hydrogen (secondary N) is 1. The van der Waals surface area contributed by atoms with Crippen LogP contribution in [0.5, 0.6) is 5.75 Å². The molecule has 0 fully saturated rings. The fourth-order valence-electron chi connectivity index (χ4n) is 2.38. The zero-order chi connectivity index (χ0) is 17.1. The predicted octanol–water partition coefficient (Wildman–Crippen LogP) is 2.86. The lowest BCUT2D eigenvalue weighted by Gasteiger charge is -2.09. The van der Waals surface area contributed by atoms with Crippen molar-refractivity contribution < 1.29 is 18.7 Å². The number of carbonyl (C=O) groups excluding carboxylic acids is 2. The SMILES string of the molecule is Cc1ccccc1OCC(=O)Nc1c(C(N)=O)oc2ccccc12.